The molecular weight excluding hydrogens is 432 g/mol. The molecule has 1 spiro atoms. The Kier molecular flexibility index (Phi) is 4.60. The minimum Gasteiger partial charge on any atom is -0.472 e. The van der Waals surface area contributed by atoms with Crippen LogP contribution in [0.1, 0.15) is 78.2 Å². The van der Waals surface area contributed by atoms with Gasteiger partial charge in [-0.25, -0.2) is 0 Å². The van der Waals surface area contributed by atoms with E-state index in [0.29, 0.717) is 18.9 Å². The Morgan fingerprint density at radius 1 is 1.18 bits per heavy atom. The van der Waals surface area contributed by atoms with Crippen LogP contribution in [0.2, 0.25) is 0 Å². The van der Waals surface area contributed by atoms with E-state index >= 15 is 0 Å². The van der Waals surface area contributed by atoms with Crippen molar-refractivity contribution < 1.29 is 28.2 Å². The monoisotopic (exact) mass is 468 g/mol. The van der Waals surface area contributed by atoms with Crippen molar-refractivity contribution in [2.75, 3.05) is 6.61 Å². The summed E-state index contributed by atoms with van der Waals surface area (Å²) in [5.41, 5.74) is 1.58. The Bertz CT molecular complexity index is 1050. The molecule has 6 heteroatoms. The summed E-state index contributed by atoms with van der Waals surface area (Å²) in [6.07, 6.45) is 9.66. The zero-order valence-electron chi connectivity index (χ0n) is 20.9. The molecule has 4 fully saturated rings. The number of ether oxygens (including phenoxy) is 3. The van der Waals surface area contributed by atoms with Crippen molar-refractivity contribution in [1.29, 1.82) is 0 Å². The van der Waals surface area contributed by atoms with E-state index in [0.717, 1.165) is 25.7 Å². The summed E-state index contributed by atoms with van der Waals surface area (Å²) in [6.45, 7) is 10.9. The quantitative estimate of drug-likeness (QED) is 0.440. The SMILES string of the molecule is CC(=O)O[C@H]1C[C@H]2C(C)(C)O[C@H]3CC(=O)OC[C@@]32[C@H]2CC[C@]3(C)C(=CC[C@@H]3c3ccoc3)[C@]12C. The first kappa shape index (κ1) is 22.4. The Hall–Kier alpha value is -2.08. The van der Waals surface area contributed by atoms with Gasteiger partial charge in [-0.2, -0.15) is 0 Å². The highest BCUT2D eigenvalue weighted by Gasteiger charge is 2.75. The van der Waals surface area contributed by atoms with Gasteiger partial charge in [0.25, 0.3) is 0 Å². The maximum Gasteiger partial charge on any atom is 0.308 e. The predicted octanol–water partition coefficient (Wildman–Crippen LogP) is 5.18. The number of furan rings is 1. The topological polar surface area (TPSA) is 75.0 Å². The molecule has 6 rings (SSSR count). The van der Waals surface area contributed by atoms with Gasteiger partial charge in [-0.1, -0.05) is 25.5 Å². The molecule has 2 saturated carbocycles. The van der Waals surface area contributed by atoms with Gasteiger partial charge >= 0.3 is 11.9 Å². The van der Waals surface area contributed by atoms with Crippen molar-refractivity contribution in [3.05, 3.63) is 35.8 Å². The highest BCUT2D eigenvalue weighted by atomic mass is 16.6. The molecule has 0 amide bonds. The van der Waals surface area contributed by atoms with E-state index < -0.39 is 5.60 Å². The highest BCUT2D eigenvalue weighted by Crippen LogP contribution is 2.74. The number of carbonyl (C=O) groups is 2. The van der Waals surface area contributed by atoms with Crippen molar-refractivity contribution in [3.63, 3.8) is 0 Å². The zero-order valence-corrected chi connectivity index (χ0v) is 20.9. The smallest absolute Gasteiger partial charge is 0.308 e. The van der Waals surface area contributed by atoms with Gasteiger partial charge < -0.3 is 18.6 Å². The van der Waals surface area contributed by atoms with Crippen LogP contribution in [0.3, 0.4) is 0 Å². The first-order valence-corrected chi connectivity index (χ1v) is 12.8. The number of allylic oxidation sites excluding steroid dienone is 1. The van der Waals surface area contributed by atoms with E-state index in [1.165, 1.54) is 18.1 Å². The van der Waals surface area contributed by atoms with E-state index in [1.54, 1.807) is 6.26 Å². The third kappa shape index (κ3) is 2.66. The number of cyclic esters (lactones) is 1. The largest absolute Gasteiger partial charge is 0.472 e. The van der Waals surface area contributed by atoms with Crippen LogP contribution in [0.5, 0.6) is 0 Å². The normalized spacial score (nSPS) is 46.4. The Labute approximate surface area is 201 Å². The van der Waals surface area contributed by atoms with Crippen molar-refractivity contribution in [2.24, 2.45) is 28.1 Å². The molecule has 8 atom stereocenters. The summed E-state index contributed by atoms with van der Waals surface area (Å²) in [6, 6.07) is 2.09. The Balaban J connectivity index is 1.49. The number of fused-ring (bicyclic) bond motifs is 3. The second-order valence-corrected chi connectivity index (χ2v) is 12.3. The fourth-order valence-electron chi connectivity index (χ4n) is 9.37. The fraction of sp³-hybridized carbons (Fsp3) is 0.714. The number of rotatable bonds is 2. The van der Waals surface area contributed by atoms with E-state index in [2.05, 4.69) is 39.8 Å². The van der Waals surface area contributed by atoms with Crippen molar-refractivity contribution >= 4 is 11.9 Å². The van der Waals surface area contributed by atoms with Crippen LogP contribution in [0.25, 0.3) is 0 Å². The molecular formula is C28H36O6. The molecule has 2 saturated heterocycles. The third-order valence-electron chi connectivity index (χ3n) is 10.6. The summed E-state index contributed by atoms with van der Waals surface area (Å²) in [5, 5.41) is 0. The molecule has 0 aromatic carbocycles. The molecule has 5 aliphatic rings. The molecule has 1 aromatic rings. The maximum atomic E-state index is 12.4. The number of hydrogen-bond donors (Lipinski definition) is 0. The van der Waals surface area contributed by atoms with Crippen molar-refractivity contribution in [2.45, 2.75) is 90.4 Å². The average molecular weight is 469 g/mol. The van der Waals surface area contributed by atoms with Gasteiger partial charge in [-0.05, 0) is 68.4 Å². The third-order valence-corrected chi connectivity index (χ3v) is 10.6. The van der Waals surface area contributed by atoms with E-state index in [9.17, 15) is 9.59 Å². The number of esters is 2. The maximum absolute atomic E-state index is 12.4. The van der Waals surface area contributed by atoms with Gasteiger partial charge in [0.1, 0.15) is 12.7 Å². The zero-order chi connectivity index (χ0) is 24.1. The van der Waals surface area contributed by atoms with Gasteiger partial charge in [0, 0.05) is 23.7 Å². The lowest BCUT2D eigenvalue weighted by atomic mass is 9.39. The van der Waals surface area contributed by atoms with Gasteiger partial charge in [-0.3, -0.25) is 9.59 Å². The molecule has 3 aliphatic carbocycles. The van der Waals surface area contributed by atoms with Crippen LogP contribution in [-0.4, -0.2) is 36.4 Å². The molecule has 3 heterocycles. The van der Waals surface area contributed by atoms with Crippen LogP contribution in [0, 0.1) is 28.1 Å². The Morgan fingerprint density at radius 2 is 1.97 bits per heavy atom. The summed E-state index contributed by atoms with van der Waals surface area (Å²) in [5.74, 6) is 0.295. The minimum atomic E-state index is -0.414. The number of carbonyl (C=O) groups excluding carboxylic acids is 2. The van der Waals surface area contributed by atoms with E-state index in [-0.39, 0.29) is 52.2 Å². The second-order valence-electron chi connectivity index (χ2n) is 12.3. The molecule has 6 nitrogen and oxygen atoms in total. The molecule has 1 aromatic heterocycles. The molecule has 2 aliphatic heterocycles. The summed E-state index contributed by atoms with van der Waals surface area (Å²) in [7, 11) is 0. The summed E-state index contributed by atoms with van der Waals surface area (Å²) >= 11 is 0. The summed E-state index contributed by atoms with van der Waals surface area (Å²) < 4.78 is 24.1. The first-order chi connectivity index (χ1) is 16.0. The first-order valence-electron chi connectivity index (χ1n) is 12.8. The molecule has 0 N–H and O–H groups in total. The van der Waals surface area contributed by atoms with Crippen LogP contribution in [0.15, 0.2) is 34.7 Å². The van der Waals surface area contributed by atoms with Gasteiger partial charge in [-0.15, -0.1) is 0 Å². The molecule has 34 heavy (non-hydrogen) atoms. The van der Waals surface area contributed by atoms with Crippen LogP contribution in [0.4, 0.5) is 0 Å². The molecule has 0 bridgehead atoms. The lowest BCUT2D eigenvalue weighted by Gasteiger charge is -2.65. The fourth-order valence-corrected chi connectivity index (χ4v) is 9.37. The minimum absolute atomic E-state index is 0.0349. The standard InChI is InChI=1S/C28H36O6/c1-16(29)33-22-12-21-25(2,3)34-23-13-24(30)32-15-28(21,23)20-8-10-26(4)18(17-9-11-31-14-17)6-7-19(26)27(20,22)5/h7,9,11,14,18,20-23H,6,8,10,12-13,15H2,1-5H3/t18-,20+,21+,22+,23+,26+,27+,28+/m1/s1. The molecule has 0 unspecified atom stereocenters. The van der Waals surface area contributed by atoms with E-state index in [4.69, 9.17) is 18.6 Å². The average Bonchev–Trinajstić information content (AvgIpc) is 3.43. The van der Waals surface area contributed by atoms with E-state index in [1.807, 2.05) is 6.26 Å². The molecule has 0 radical (unpaired) electrons. The lowest BCUT2D eigenvalue weighted by molar-refractivity contribution is -0.209. The van der Waals surface area contributed by atoms with Crippen LogP contribution >= 0.6 is 0 Å². The van der Waals surface area contributed by atoms with Gasteiger partial charge in [0.05, 0.1) is 30.7 Å². The van der Waals surface area contributed by atoms with Crippen LogP contribution in [-0.2, 0) is 23.8 Å². The van der Waals surface area contributed by atoms with Crippen LogP contribution < -0.4 is 0 Å². The molecule has 184 valence electrons. The predicted molar refractivity (Wildman–Crippen MR) is 124 cm³/mol. The highest BCUT2D eigenvalue weighted by molar-refractivity contribution is 5.71. The Morgan fingerprint density at radius 3 is 2.68 bits per heavy atom. The lowest BCUT2D eigenvalue weighted by Crippen LogP contribution is -2.66. The van der Waals surface area contributed by atoms with Gasteiger partial charge in [0.2, 0.25) is 0 Å². The van der Waals surface area contributed by atoms with Gasteiger partial charge in [0.15, 0.2) is 0 Å². The van der Waals surface area contributed by atoms with Crippen molar-refractivity contribution in [1.82, 2.24) is 0 Å². The number of hydrogen-bond acceptors (Lipinski definition) is 6. The summed E-state index contributed by atoms with van der Waals surface area (Å²) in [4.78, 5) is 24.7. The second kappa shape index (κ2) is 6.99. The van der Waals surface area contributed by atoms with Crippen molar-refractivity contribution in [3.8, 4) is 0 Å².